The molecule has 0 saturated carbocycles. The molecule has 6 nitrogen and oxygen atoms in total. The summed E-state index contributed by atoms with van der Waals surface area (Å²) in [6.07, 6.45) is 0.627. The summed E-state index contributed by atoms with van der Waals surface area (Å²) in [4.78, 5) is 26.4. The second-order valence-electron chi connectivity index (χ2n) is 8.68. The molecule has 0 aliphatic carbocycles. The molecule has 1 aliphatic heterocycles. The van der Waals surface area contributed by atoms with Gasteiger partial charge in [0.05, 0.1) is 6.33 Å². The number of nitrogens with zero attached hydrogens (tertiary/aromatic N) is 1. The number of fused-ring (bicyclic) bond motifs is 1. The molecule has 1 aliphatic rings. The Morgan fingerprint density at radius 3 is 2.44 bits per heavy atom. The zero-order chi connectivity index (χ0) is 23.1. The maximum absolute atomic E-state index is 13.1. The largest absolute Gasteiger partial charge is 0.489 e. The monoisotopic (exact) mass is 440 g/mol. The van der Waals surface area contributed by atoms with Gasteiger partial charge in [-0.05, 0) is 62.6 Å². The normalized spacial score (nSPS) is 13.9. The van der Waals surface area contributed by atoms with E-state index in [1.54, 1.807) is 45.0 Å². The molecule has 2 aromatic carbocycles. The van der Waals surface area contributed by atoms with Gasteiger partial charge in [0.15, 0.2) is 0 Å². The quantitative estimate of drug-likeness (QED) is 0.711. The van der Waals surface area contributed by atoms with E-state index < -0.39 is 11.7 Å². The van der Waals surface area contributed by atoms with Gasteiger partial charge in [-0.15, -0.1) is 0 Å². The highest BCUT2D eigenvalue weighted by Gasteiger charge is 2.21. The topological polar surface area (TPSA) is 67.9 Å². The predicted octanol–water partition coefficient (Wildman–Crippen LogP) is 4.64. The number of hydrogen-bond acceptors (Lipinski definition) is 4. The van der Waals surface area contributed by atoms with Crippen LogP contribution < -0.4 is 10.1 Å². The van der Waals surface area contributed by atoms with E-state index in [4.69, 9.17) is 9.47 Å². The van der Waals surface area contributed by atoms with Crippen LogP contribution in [0.15, 0.2) is 60.4 Å². The van der Waals surface area contributed by atoms with Crippen molar-refractivity contribution < 1.29 is 23.5 Å². The molecule has 0 fully saturated rings. The smallest absolute Gasteiger partial charge is 0.407 e. The van der Waals surface area contributed by atoms with Gasteiger partial charge in [0, 0.05) is 30.8 Å². The summed E-state index contributed by atoms with van der Waals surface area (Å²) in [6, 6.07) is 14.9. The van der Waals surface area contributed by atoms with Crippen molar-refractivity contribution in [1.29, 1.82) is 0 Å². The Hall–Kier alpha value is -3.35. The van der Waals surface area contributed by atoms with E-state index in [1.165, 1.54) is 11.1 Å². The van der Waals surface area contributed by atoms with Crippen molar-refractivity contribution in [3.05, 3.63) is 77.1 Å². The third-order valence-corrected chi connectivity index (χ3v) is 4.96. The summed E-state index contributed by atoms with van der Waals surface area (Å²) in [5.74, 6) is 0.471. The lowest BCUT2D eigenvalue weighted by atomic mass is 9.99. The van der Waals surface area contributed by atoms with Crippen molar-refractivity contribution >= 4 is 12.0 Å². The minimum atomic E-state index is -0.628. The third-order valence-electron chi connectivity index (χ3n) is 4.96. The fourth-order valence-corrected chi connectivity index (χ4v) is 3.34. The van der Waals surface area contributed by atoms with Crippen LogP contribution in [0.2, 0.25) is 0 Å². The Balaban J connectivity index is 1.50. The Labute approximate surface area is 188 Å². The van der Waals surface area contributed by atoms with Crippen LogP contribution in [0.25, 0.3) is 0 Å². The first-order valence-electron chi connectivity index (χ1n) is 10.6. The van der Waals surface area contributed by atoms with Crippen LogP contribution >= 0.6 is 0 Å². The zero-order valence-electron chi connectivity index (χ0n) is 18.7. The van der Waals surface area contributed by atoms with Gasteiger partial charge in [-0.1, -0.05) is 24.3 Å². The molecule has 1 N–H and O–H groups in total. The number of benzene rings is 2. The molecule has 1 heterocycles. The standard InChI is InChI=1S/C25H29FN2O4/c1-25(2,3)32-24(30)27-15-18(14-26)17-31-22-10-8-20(9-11-22)23(29)28-13-12-19-6-4-5-7-21(19)16-28/h4-11,14H,12-13,15-17H2,1-3H3,(H,27,30)/b18-14-. The van der Waals surface area contributed by atoms with Crippen LogP contribution in [0, 0.1) is 0 Å². The van der Waals surface area contributed by atoms with Crippen LogP contribution in [0.3, 0.4) is 0 Å². The molecule has 0 unspecified atom stereocenters. The summed E-state index contributed by atoms with van der Waals surface area (Å²) in [6.45, 7) is 6.47. The molecule has 3 rings (SSSR count). The number of ether oxygens (including phenoxy) is 2. The van der Waals surface area contributed by atoms with Crippen LogP contribution in [-0.4, -0.2) is 42.2 Å². The van der Waals surface area contributed by atoms with Gasteiger partial charge in [-0.25, -0.2) is 9.18 Å². The Bertz CT molecular complexity index is 980. The minimum absolute atomic E-state index is 0.0293. The average Bonchev–Trinajstić information content (AvgIpc) is 2.77. The third kappa shape index (κ3) is 6.57. The Morgan fingerprint density at radius 1 is 1.09 bits per heavy atom. The molecule has 32 heavy (non-hydrogen) atoms. The van der Waals surface area contributed by atoms with Crippen LogP contribution in [0.1, 0.15) is 42.3 Å². The first kappa shape index (κ1) is 23.3. The molecule has 0 atom stereocenters. The number of halogens is 1. The van der Waals surface area contributed by atoms with Gasteiger partial charge in [0.25, 0.3) is 5.91 Å². The lowest BCUT2D eigenvalue weighted by Crippen LogP contribution is -2.35. The van der Waals surface area contributed by atoms with Gasteiger partial charge in [0.2, 0.25) is 0 Å². The van der Waals surface area contributed by atoms with E-state index in [1.807, 2.05) is 17.0 Å². The van der Waals surface area contributed by atoms with Crippen LogP contribution in [0.4, 0.5) is 9.18 Å². The Morgan fingerprint density at radius 2 is 1.78 bits per heavy atom. The van der Waals surface area contributed by atoms with E-state index >= 15 is 0 Å². The van der Waals surface area contributed by atoms with E-state index in [9.17, 15) is 14.0 Å². The second-order valence-corrected chi connectivity index (χ2v) is 8.68. The molecule has 2 amide bonds. The van der Waals surface area contributed by atoms with Crippen molar-refractivity contribution in [2.75, 3.05) is 19.7 Å². The van der Waals surface area contributed by atoms with E-state index in [2.05, 4.69) is 17.4 Å². The highest BCUT2D eigenvalue weighted by molar-refractivity contribution is 5.94. The zero-order valence-corrected chi connectivity index (χ0v) is 18.7. The first-order chi connectivity index (χ1) is 15.2. The van der Waals surface area contributed by atoms with Crippen molar-refractivity contribution in [3.63, 3.8) is 0 Å². The van der Waals surface area contributed by atoms with Crippen molar-refractivity contribution in [1.82, 2.24) is 10.2 Å². The van der Waals surface area contributed by atoms with Crippen LogP contribution in [0.5, 0.6) is 5.75 Å². The lowest BCUT2D eigenvalue weighted by molar-refractivity contribution is 0.0531. The molecular formula is C25H29FN2O4. The molecule has 0 spiro atoms. The summed E-state index contributed by atoms with van der Waals surface area (Å²) in [7, 11) is 0. The highest BCUT2D eigenvalue weighted by Crippen LogP contribution is 2.21. The molecule has 0 saturated heterocycles. The summed E-state index contributed by atoms with van der Waals surface area (Å²) in [5.41, 5.74) is 2.67. The molecular weight excluding hydrogens is 411 g/mol. The van der Waals surface area contributed by atoms with Gasteiger partial charge >= 0.3 is 6.09 Å². The number of hydrogen-bond donors (Lipinski definition) is 1. The summed E-state index contributed by atoms with van der Waals surface area (Å²) < 4.78 is 23.9. The van der Waals surface area contributed by atoms with E-state index in [0.717, 1.165) is 6.42 Å². The number of alkyl carbamates (subject to hydrolysis) is 1. The van der Waals surface area contributed by atoms with Crippen molar-refractivity contribution in [2.45, 2.75) is 39.3 Å². The average molecular weight is 441 g/mol. The fourth-order valence-electron chi connectivity index (χ4n) is 3.34. The fraction of sp³-hybridized carbons (Fsp3) is 0.360. The van der Waals surface area contributed by atoms with Gasteiger partial charge in [0.1, 0.15) is 18.0 Å². The van der Waals surface area contributed by atoms with Gasteiger partial charge < -0.3 is 19.7 Å². The molecule has 0 bridgehead atoms. The molecule has 170 valence electrons. The van der Waals surface area contributed by atoms with Crippen LogP contribution in [-0.2, 0) is 17.7 Å². The molecule has 0 radical (unpaired) electrons. The number of nitrogens with one attached hydrogen (secondary N) is 1. The predicted molar refractivity (Wildman–Crippen MR) is 120 cm³/mol. The molecule has 7 heteroatoms. The minimum Gasteiger partial charge on any atom is -0.489 e. The number of rotatable bonds is 6. The SMILES string of the molecule is CC(C)(C)OC(=O)NC/C(=C/F)COc1ccc(C(=O)N2CCc3ccccc3C2)cc1. The maximum Gasteiger partial charge on any atom is 0.407 e. The number of carbonyl (C=O) groups excluding carboxylic acids is 2. The van der Waals surface area contributed by atoms with Gasteiger partial charge in [-0.2, -0.15) is 0 Å². The lowest BCUT2D eigenvalue weighted by Gasteiger charge is -2.29. The summed E-state index contributed by atoms with van der Waals surface area (Å²) >= 11 is 0. The van der Waals surface area contributed by atoms with Crippen molar-refractivity contribution in [3.8, 4) is 5.75 Å². The van der Waals surface area contributed by atoms with Crippen molar-refractivity contribution in [2.24, 2.45) is 0 Å². The summed E-state index contributed by atoms with van der Waals surface area (Å²) in [5, 5.41) is 2.49. The first-order valence-corrected chi connectivity index (χ1v) is 10.6. The van der Waals surface area contributed by atoms with E-state index in [-0.39, 0.29) is 24.6 Å². The highest BCUT2D eigenvalue weighted by atomic mass is 19.1. The van der Waals surface area contributed by atoms with E-state index in [0.29, 0.717) is 30.7 Å². The second kappa shape index (κ2) is 10.3. The van der Waals surface area contributed by atoms with Gasteiger partial charge in [-0.3, -0.25) is 4.79 Å². The maximum atomic E-state index is 13.1. The molecule has 0 aromatic heterocycles. The Kier molecular flexibility index (Phi) is 7.51. The molecule has 2 aromatic rings. The number of carbonyl (C=O) groups is 2. The number of amides is 2.